The molecule has 3 nitrogen and oxygen atoms in total. The van der Waals surface area contributed by atoms with E-state index in [0.29, 0.717) is 5.54 Å². The SMILES string of the molecule is CCOCC1CC(CN2CC3(CCN3CC)C2)C1. The first kappa shape index (κ1) is 12.9. The van der Waals surface area contributed by atoms with Crippen LogP contribution in [0.2, 0.25) is 0 Å². The van der Waals surface area contributed by atoms with Crippen LogP contribution in [-0.2, 0) is 4.74 Å². The van der Waals surface area contributed by atoms with E-state index in [-0.39, 0.29) is 0 Å². The number of likely N-dealkylation sites (N-methyl/N-ethyl adjacent to an activating group) is 1. The highest BCUT2D eigenvalue weighted by Gasteiger charge is 2.52. The summed E-state index contributed by atoms with van der Waals surface area (Å²) >= 11 is 0. The van der Waals surface area contributed by atoms with Crippen molar-refractivity contribution in [1.29, 1.82) is 0 Å². The average Bonchev–Trinajstić information content (AvgIpc) is 2.22. The van der Waals surface area contributed by atoms with Gasteiger partial charge in [-0.3, -0.25) is 9.80 Å². The van der Waals surface area contributed by atoms with Gasteiger partial charge in [0, 0.05) is 44.9 Å². The summed E-state index contributed by atoms with van der Waals surface area (Å²) in [6, 6.07) is 0. The van der Waals surface area contributed by atoms with Crippen molar-refractivity contribution in [1.82, 2.24) is 9.80 Å². The van der Waals surface area contributed by atoms with Gasteiger partial charge in [0.25, 0.3) is 0 Å². The Balaban J connectivity index is 1.31. The first-order chi connectivity index (χ1) is 8.75. The van der Waals surface area contributed by atoms with E-state index >= 15 is 0 Å². The molecular weight excluding hydrogens is 224 g/mol. The van der Waals surface area contributed by atoms with Gasteiger partial charge >= 0.3 is 0 Å². The van der Waals surface area contributed by atoms with Crippen LogP contribution in [0.5, 0.6) is 0 Å². The Hall–Kier alpha value is -0.120. The predicted molar refractivity (Wildman–Crippen MR) is 73.7 cm³/mol. The van der Waals surface area contributed by atoms with Crippen molar-refractivity contribution < 1.29 is 4.74 Å². The lowest BCUT2D eigenvalue weighted by molar-refractivity contribution is -0.129. The van der Waals surface area contributed by atoms with Crippen LogP contribution in [0.25, 0.3) is 0 Å². The second kappa shape index (κ2) is 5.10. The first-order valence-corrected chi connectivity index (χ1v) is 7.81. The molecule has 0 aromatic heterocycles. The predicted octanol–water partition coefficient (Wildman–Crippen LogP) is 1.83. The van der Waals surface area contributed by atoms with Gasteiger partial charge in [-0.2, -0.15) is 0 Å². The molecular formula is C15H28N2O. The van der Waals surface area contributed by atoms with Crippen molar-refractivity contribution in [2.24, 2.45) is 11.8 Å². The highest BCUT2D eigenvalue weighted by molar-refractivity contribution is 5.10. The summed E-state index contributed by atoms with van der Waals surface area (Å²) in [6.45, 7) is 12.9. The van der Waals surface area contributed by atoms with Gasteiger partial charge in [0.1, 0.15) is 0 Å². The molecule has 1 saturated carbocycles. The minimum absolute atomic E-state index is 0.614. The maximum Gasteiger partial charge on any atom is 0.0494 e. The summed E-state index contributed by atoms with van der Waals surface area (Å²) in [6.07, 6.45) is 4.25. The molecule has 3 heteroatoms. The molecule has 3 aliphatic rings. The molecule has 3 fully saturated rings. The van der Waals surface area contributed by atoms with Crippen molar-refractivity contribution >= 4 is 0 Å². The van der Waals surface area contributed by atoms with Crippen molar-refractivity contribution in [2.45, 2.75) is 38.6 Å². The van der Waals surface area contributed by atoms with Crippen LogP contribution in [0.15, 0.2) is 0 Å². The zero-order valence-electron chi connectivity index (χ0n) is 12.0. The Morgan fingerprint density at radius 3 is 2.50 bits per heavy atom. The third-order valence-electron chi connectivity index (χ3n) is 5.34. The summed E-state index contributed by atoms with van der Waals surface area (Å²) in [5, 5.41) is 0. The third kappa shape index (κ3) is 2.21. The van der Waals surface area contributed by atoms with E-state index in [0.717, 1.165) is 25.0 Å². The third-order valence-corrected chi connectivity index (χ3v) is 5.34. The lowest BCUT2D eigenvalue weighted by atomic mass is 9.72. The van der Waals surface area contributed by atoms with E-state index in [1.165, 1.54) is 52.0 Å². The lowest BCUT2D eigenvalue weighted by Crippen LogP contribution is -2.76. The largest absolute Gasteiger partial charge is 0.381 e. The molecule has 0 radical (unpaired) electrons. The molecule has 0 aromatic carbocycles. The van der Waals surface area contributed by atoms with Gasteiger partial charge < -0.3 is 4.74 Å². The number of hydrogen-bond acceptors (Lipinski definition) is 3. The summed E-state index contributed by atoms with van der Waals surface area (Å²) < 4.78 is 5.50. The number of likely N-dealkylation sites (tertiary alicyclic amines) is 2. The van der Waals surface area contributed by atoms with Crippen LogP contribution in [0.1, 0.15) is 33.1 Å². The number of rotatable bonds is 6. The molecule has 18 heavy (non-hydrogen) atoms. The van der Waals surface area contributed by atoms with Crippen molar-refractivity contribution in [2.75, 3.05) is 45.9 Å². The van der Waals surface area contributed by atoms with Gasteiger partial charge in [0.15, 0.2) is 0 Å². The number of hydrogen-bond donors (Lipinski definition) is 0. The molecule has 1 aliphatic carbocycles. The highest BCUT2D eigenvalue weighted by atomic mass is 16.5. The fourth-order valence-electron chi connectivity index (χ4n) is 4.16. The van der Waals surface area contributed by atoms with Gasteiger partial charge in [0.05, 0.1) is 0 Å². The minimum Gasteiger partial charge on any atom is -0.381 e. The molecule has 104 valence electrons. The molecule has 0 aromatic rings. The number of ether oxygens (including phenoxy) is 1. The van der Waals surface area contributed by atoms with Crippen molar-refractivity contribution in [3.05, 3.63) is 0 Å². The van der Waals surface area contributed by atoms with Crippen molar-refractivity contribution in [3.63, 3.8) is 0 Å². The first-order valence-electron chi connectivity index (χ1n) is 7.81. The zero-order valence-corrected chi connectivity index (χ0v) is 12.0. The molecule has 3 rings (SSSR count). The fourth-order valence-corrected chi connectivity index (χ4v) is 4.16. The second-order valence-electron chi connectivity index (χ2n) is 6.59. The fraction of sp³-hybridized carbons (Fsp3) is 1.00. The van der Waals surface area contributed by atoms with Gasteiger partial charge in [-0.1, -0.05) is 6.92 Å². The van der Waals surface area contributed by atoms with Crippen LogP contribution in [0.3, 0.4) is 0 Å². The van der Waals surface area contributed by atoms with Crippen LogP contribution in [0.4, 0.5) is 0 Å². The Morgan fingerprint density at radius 2 is 1.94 bits per heavy atom. The van der Waals surface area contributed by atoms with E-state index in [2.05, 4.69) is 23.6 Å². The smallest absolute Gasteiger partial charge is 0.0494 e. The van der Waals surface area contributed by atoms with Gasteiger partial charge in [-0.15, -0.1) is 0 Å². The topological polar surface area (TPSA) is 15.7 Å². The summed E-state index contributed by atoms with van der Waals surface area (Å²) in [5.74, 6) is 1.82. The van der Waals surface area contributed by atoms with Crippen molar-refractivity contribution in [3.8, 4) is 0 Å². The summed E-state index contributed by atoms with van der Waals surface area (Å²) in [7, 11) is 0. The van der Waals surface area contributed by atoms with Gasteiger partial charge in [0.2, 0.25) is 0 Å². The molecule has 2 aliphatic heterocycles. The minimum atomic E-state index is 0.614. The lowest BCUT2D eigenvalue weighted by Gasteiger charge is -2.63. The van der Waals surface area contributed by atoms with E-state index in [4.69, 9.17) is 4.74 Å². The maximum absolute atomic E-state index is 5.50. The van der Waals surface area contributed by atoms with E-state index in [9.17, 15) is 0 Å². The van der Waals surface area contributed by atoms with Crippen LogP contribution < -0.4 is 0 Å². The normalized spacial score (nSPS) is 35.0. The molecule has 1 spiro atoms. The molecule has 0 N–H and O–H groups in total. The Kier molecular flexibility index (Phi) is 3.65. The monoisotopic (exact) mass is 252 g/mol. The molecule has 0 bridgehead atoms. The Morgan fingerprint density at radius 1 is 1.17 bits per heavy atom. The maximum atomic E-state index is 5.50. The standard InChI is InChI=1S/C15H28N2O/c1-3-17-6-5-15(17)11-16(12-15)9-13-7-14(8-13)10-18-4-2/h13-14H,3-12H2,1-2H3. The van der Waals surface area contributed by atoms with Crippen LogP contribution in [-0.4, -0.2) is 61.3 Å². The van der Waals surface area contributed by atoms with Crippen LogP contribution in [0, 0.1) is 11.8 Å². The van der Waals surface area contributed by atoms with E-state index in [1.807, 2.05) is 0 Å². The molecule has 0 amide bonds. The highest BCUT2D eigenvalue weighted by Crippen LogP contribution is 2.41. The molecule has 2 saturated heterocycles. The average molecular weight is 252 g/mol. The number of nitrogens with zero attached hydrogens (tertiary/aromatic N) is 2. The second-order valence-corrected chi connectivity index (χ2v) is 6.59. The molecule has 2 heterocycles. The quantitative estimate of drug-likeness (QED) is 0.717. The molecule has 0 unspecified atom stereocenters. The molecule has 0 atom stereocenters. The summed E-state index contributed by atoms with van der Waals surface area (Å²) in [4.78, 5) is 5.35. The van der Waals surface area contributed by atoms with E-state index in [1.54, 1.807) is 0 Å². The van der Waals surface area contributed by atoms with E-state index < -0.39 is 0 Å². The van der Waals surface area contributed by atoms with Gasteiger partial charge in [-0.25, -0.2) is 0 Å². The van der Waals surface area contributed by atoms with Crippen LogP contribution >= 0.6 is 0 Å². The summed E-state index contributed by atoms with van der Waals surface area (Å²) in [5.41, 5.74) is 0.614. The Labute approximate surface area is 111 Å². The zero-order chi connectivity index (χ0) is 12.6. The Bertz CT molecular complexity index is 280. The van der Waals surface area contributed by atoms with Gasteiger partial charge in [-0.05, 0) is 44.6 Å².